The third-order valence-electron chi connectivity index (χ3n) is 2.19. The highest BCUT2D eigenvalue weighted by molar-refractivity contribution is 5.65. The Hall–Kier alpha value is -1.83. The van der Waals surface area contributed by atoms with E-state index in [1.807, 2.05) is 18.2 Å². The van der Waals surface area contributed by atoms with Gasteiger partial charge in [-0.25, -0.2) is 4.39 Å². The molecule has 75 valence electrons. The van der Waals surface area contributed by atoms with E-state index in [2.05, 4.69) is 6.07 Å². The molecular weight excluding hydrogens is 191 g/mol. The molecule has 2 heteroatoms. The summed E-state index contributed by atoms with van der Waals surface area (Å²) in [6.45, 7) is 0. The summed E-state index contributed by atoms with van der Waals surface area (Å²) in [5.74, 6) is 0.376. The molecule has 0 fully saturated rings. The second kappa shape index (κ2) is 4.13. The van der Waals surface area contributed by atoms with E-state index >= 15 is 0 Å². The lowest BCUT2D eigenvalue weighted by Gasteiger charge is -2.05. The molecule has 0 spiro atoms. The molecule has 0 heterocycles. The molecule has 1 nitrogen and oxygen atoms in total. The molecule has 1 radical (unpaired) electrons. The SMILES string of the molecule is COc1cccc(-c2ccc[c]c2F)c1. The van der Waals surface area contributed by atoms with Crippen molar-refractivity contribution in [3.8, 4) is 16.9 Å². The molecule has 0 amide bonds. The van der Waals surface area contributed by atoms with E-state index in [1.165, 1.54) is 0 Å². The number of hydrogen-bond acceptors (Lipinski definition) is 1. The van der Waals surface area contributed by atoms with E-state index in [0.717, 1.165) is 11.3 Å². The minimum atomic E-state index is -0.342. The van der Waals surface area contributed by atoms with Gasteiger partial charge in [0.25, 0.3) is 0 Å². The van der Waals surface area contributed by atoms with E-state index in [-0.39, 0.29) is 5.82 Å². The van der Waals surface area contributed by atoms with E-state index < -0.39 is 0 Å². The summed E-state index contributed by atoms with van der Waals surface area (Å²) >= 11 is 0. The summed E-state index contributed by atoms with van der Waals surface area (Å²) < 4.78 is 18.5. The molecule has 0 aliphatic rings. The van der Waals surface area contributed by atoms with Crippen LogP contribution in [0.5, 0.6) is 5.75 Å². The molecule has 2 aromatic rings. The van der Waals surface area contributed by atoms with Gasteiger partial charge in [-0.3, -0.25) is 0 Å². The van der Waals surface area contributed by atoms with Gasteiger partial charge in [-0.05, 0) is 17.7 Å². The Morgan fingerprint density at radius 2 is 2.07 bits per heavy atom. The molecule has 0 unspecified atom stereocenters. The smallest absolute Gasteiger partial charge is 0.138 e. The Kier molecular flexibility index (Phi) is 2.68. The average Bonchev–Trinajstić information content (AvgIpc) is 2.30. The maximum atomic E-state index is 13.4. The van der Waals surface area contributed by atoms with Crippen LogP contribution < -0.4 is 4.74 Å². The minimum absolute atomic E-state index is 0.342. The van der Waals surface area contributed by atoms with Crippen LogP contribution in [0.25, 0.3) is 11.1 Å². The van der Waals surface area contributed by atoms with Crippen molar-refractivity contribution in [2.24, 2.45) is 0 Å². The second-order valence-electron chi connectivity index (χ2n) is 3.13. The first-order valence-corrected chi connectivity index (χ1v) is 4.62. The van der Waals surface area contributed by atoms with Crippen LogP contribution in [0.1, 0.15) is 0 Å². The Bertz CT molecular complexity index is 466. The van der Waals surface area contributed by atoms with Gasteiger partial charge in [0.15, 0.2) is 0 Å². The Morgan fingerprint density at radius 3 is 2.80 bits per heavy atom. The van der Waals surface area contributed by atoms with Crippen molar-refractivity contribution in [3.05, 3.63) is 54.3 Å². The second-order valence-corrected chi connectivity index (χ2v) is 3.13. The topological polar surface area (TPSA) is 9.23 Å². The van der Waals surface area contributed by atoms with Crippen molar-refractivity contribution in [1.29, 1.82) is 0 Å². The first kappa shape index (κ1) is 9.71. The zero-order valence-electron chi connectivity index (χ0n) is 8.33. The van der Waals surface area contributed by atoms with Crippen LogP contribution in [-0.4, -0.2) is 7.11 Å². The maximum absolute atomic E-state index is 13.4. The molecule has 2 rings (SSSR count). The summed E-state index contributed by atoms with van der Waals surface area (Å²) in [5, 5.41) is 0. The molecule has 0 bridgehead atoms. The van der Waals surface area contributed by atoms with E-state index in [4.69, 9.17) is 4.74 Å². The molecule has 2 aromatic carbocycles. The van der Waals surface area contributed by atoms with Crippen molar-refractivity contribution in [2.75, 3.05) is 7.11 Å². The maximum Gasteiger partial charge on any atom is 0.138 e. The fourth-order valence-electron chi connectivity index (χ4n) is 1.43. The van der Waals surface area contributed by atoms with Gasteiger partial charge in [0.2, 0.25) is 0 Å². The van der Waals surface area contributed by atoms with Crippen LogP contribution in [0.3, 0.4) is 0 Å². The number of rotatable bonds is 2. The lowest BCUT2D eigenvalue weighted by molar-refractivity contribution is 0.415. The summed E-state index contributed by atoms with van der Waals surface area (Å²) in [7, 11) is 1.59. The van der Waals surface area contributed by atoms with Crippen molar-refractivity contribution in [1.82, 2.24) is 0 Å². The Balaban J connectivity index is 2.49. The summed E-state index contributed by atoms with van der Waals surface area (Å²) in [4.78, 5) is 0. The fourth-order valence-corrected chi connectivity index (χ4v) is 1.43. The molecular formula is C13H10FO. The van der Waals surface area contributed by atoms with Gasteiger partial charge < -0.3 is 4.74 Å². The van der Waals surface area contributed by atoms with Gasteiger partial charge >= 0.3 is 0 Å². The van der Waals surface area contributed by atoms with E-state index in [9.17, 15) is 4.39 Å². The molecule has 0 N–H and O–H groups in total. The fraction of sp³-hybridized carbons (Fsp3) is 0.0769. The van der Waals surface area contributed by atoms with Gasteiger partial charge in [0, 0.05) is 11.6 Å². The first-order chi connectivity index (χ1) is 7.31. The molecule has 0 saturated carbocycles. The quantitative estimate of drug-likeness (QED) is 0.724. The number of ether oxygens (including phenoxy) is 1. The Morgan fingerprint density at radius 1 is 1.20 bits per heavy atom. The molecule has 15 heavy (non-hydrogen) atoms. The summed E-state index contributed by atoms with van der Waals surface area (Å²) in [6.07, 6.45) is 0. The van der Waals surface area contributed by atoms with Crippen molar-refractivity contribution >= 4 is 0 Å². The highest BCUT2D eigenvalue weighted by Gasteiger charge is 2.04. The largest absolute Gasteiger partial charge is 0.497 e. The zero-order valence-corrected chi connectivity index (χ0v) is 8.33. The van der Waals surface area contributed by atoms with Crippen LogP contribution in [-0.2, 0) is 0 Å². The molecule has 0 atom stereocenters. The van der Waals surface area contributed by atoms with Crippen LogP contribution in [0.4, 0.5) is 4.39 Å². The summed E-state index contributed by atoms with van der Waals surface area (Å²) in [5.41, 5.74) is 1.33. The third kappa shape index (κ3) is 1.99. The number of hydrogen-bond donors (Lipinski definition) is 0. The predicted octanol–water partition coefficient (Wildman–Crippen LogP) is 3.30. The van der Waals surface area contributed by atoms with Crippen molar-refractivity contribution in [2.45, 2.75) is 0 Å². The standard InChI is InChI=1S/C13H10FO/c1-15-11-6-4-5-10(9-11)12-7-2-3-8-13(12)14/h2-7,9H,1H3. The predicted molar refractivity (Wildman–Crippen MR) is 57.2 cm³/mol. The number of benzene rings is 2. The lowest BCUT2D eigenvalue weighted by Crippen LogP contribution is -1.86. The van der Waals surface area contributed by atoms with Crippen LogP contribution in [0.15, 0.2) is 42.5 Å². The average molecular weight is 201 g/mol. The van der Waals surface area contributed by atoms with Crippen LogP contribution >= 0.6 is 0 Å². The lowest BCUT2D eigenvalue weighted by atomic mass is 10.1. The first-order valence-electron chi connectivity index (χ1n) is 4.62. The normalized spacial score (nSPS) is 10.0. The van der Waals surface area contributed by atoms with Gasteiger partial charge in [-0.1, -0.05) is 30.3 Å². The van der Waals surface area contributed by atoms with Gasteiger partial charge in [0.05, 0.1) is 7.11 Å². The van der Waals surface area contributed by atoms with Crippen LogP contribution in [0, 0.1) is 11.9 Å². The highest BCUT2D eigenvalue weighted by atomic mass is 19.1. The monoisotopic (exact) mass is 201 g/mol. The molecule has 0 aliphatic carbocycles. The third-order valence-corrected chi connectivity index (χ3v) is 2.19. The molecule has 0 saturated heterocycles. The summed E-state index contributed by atoms with van der Waals surface area (Å²) in [6, 6.07) is 14.9. The highest BCUT2D eigenvalue weighted by Crippen LogP contribution is 2.25. The number of methoxy groups -OCH3 is 1. The Labute approximate surface area is 88.1 Å². The van der Waals surface area contributed by atoms with E-state index in [0.29, 0.717) is 5.56 Å². The zero-order chi connectivity index (χ0) is 10.7. The van der Waals surface area contributed by atoms with Crippen molar-refractivity contribution < 1.29 is 9.13 Å². The van der Waals surface area contributed by atoms with Gasteiger partial charge in [-0.2, -0.15) is 0 Å². The van der Waals surface area contributed by atoms with Gasteiger partial charge in [0.1, 0.15) is 11.6 Å². The van der Waals surface area contributed by atoms with Crippen LogP contribution in [0.2, 0.25) is 0 Å². The molecule has 0 aliphatic heterocycles. The molecule has 0 aromatic heterocycles. The van der Waals surface area contributed by atoms with Crippen molar-refractivity contribution in [3.63, 3.8) is 0 Å². The van der Waals surface area contributed by atoms with Gasteiger partial charge in [-0.15, -0.1) is 0 Å². The van der Waals surface area contributed by atoms with E-state index in [1.54, 1.807) is 31.4 Å². The number of halogens is 1. The minimum Gasteiger partial charge on any atom is -0.497 e.